The first-order valence-corrected chi connectivity index (χ1v) is 7.14. The Morgan fingerprint density at radius 3 is 2.05 bits per heavy atom. The van der Waals surface area contributed by atoms with Gasteiger partial charge >= 0.3 is 5.97 Å². The second kappa shape index (κ2) is 5.57. The number of carbonyl (C=O) groups is 1. The molecule has 2 heteroatoms. The third kappa shape index (κ3) is 2.49. The number of hydrogen-bond acceptors (Lipinski definition) is 2. The molecule has 2 aromatic carbocycles. The zero-order valence-corrected chi connectivity index (χ0v) is 12.0. The molecule has 0 saturated heterocycles. The summed E-state index contributed by atoms with van der Waals surface area (Å²) in [6, 6.07) is 21.0. The highest BCUT2D eigenvalue weighted by molar-refractivity contribution is 5.82. The Labute approximate surface area is 125 Å². The normalized spacial score (nSPS) is 19.4. The minimum Gasteiger partial charge on any atom is -0.466 e. The Morgan fingerprint density at radius 2 is 1.57 bits per heavy atom. The number of rotatable bonds is 4. The molecule has 1 saturated carbocycles. The standard InChI is InChI=1S/C19H18O2/c1-21-18(20)13-12-17-14-19(17,15-8-4-2-5-9-15)16-10-6-3-7-11-16/h2-13,17H,14H2,1H3/b13-12+/t17-/m1/s1. The molecule has 0 aromatic heterocycles. The van der Waals surface area contributed by atoms with E-state index in [0.29, 0.717) is 5.92 Å². The summed E-state index contributed by atoms with van der Waals surface area (Å²) < 4.78 is 4.68. The first kappa shape index (κ1) is 13.6. The predicted molar refractivity (Wildman–Crippen MR) is 82.9 cm³/mol. The number of esters is 1. The molecule has 1 atom stereocenters. The quantitative estimate of drug-likeness (QED) is 0.629. The first-order valence-electron chi connectivity index (χ1n) is 7.14. The average Bonchev–Trinajstić information content (AvgIpc) is 3.30. The van der Waals surface area contributed by atoms with Crippen LogP contribution in [-0.4, -0.2) is 13.1 Å². The first-order chi connectivity index (χ1) is 10.3. The highest BCUT2D eigenvalue weighted by atomic mass is 16.5. The lowest BCUT2D eigenvalue weighted by molar-refractivity contribution is -0.134. The van der Waals surface area contributed by atoms with Crippen molar-refractivity contribution < 1.29 is 9.53 Å². The van der Waals surface area contributed by atoms with Crippen LogP contribution in [0, 0.1) is 5.92 Å². The molecule has 2 aromatic rings. The Hall–Kier alpha value is -2.35. The summed E-state index contributed by atoms with van der Waals surface area (Å²) in [5.74, 6) is 0.0401. The van der Waals surface area contributed by atoms with Gasteiger partial charge in [0.25, 0.3) is 0 Å². The monoisotopic (exact) mass is 278 g/mol. The third-order valence-corrected chi connectivity index (χ3v) is 4.26. The Balaban J connectivity index is 1.96. The number of methoxy groups -OCH3 is 1. The molecule has 3 rings (SSSR count). The minimum atomic E-state index is -0.295. The van der Waals surface area contributed by atoms with Crippen LogP contribution in [0.4, 0.5) is 0 Å². The van der Waals surface area contributed by atoms with Gasteiger partial charge in [0.05, 0.1) is 7.11 Å². The van der Waals surface area contributed by atoms with E-state index >= 15 is 0 Å². The second-order valence-corrected chi connectivity index (χ2v) is 5.40. The number of carbonyl (C=O) groups excluding carboxylic acids is 1. The molecule has 0 amide bonds. The Morgan fingerprint density at radius 1 is 1.05 bits per heavy atom. The molecule has 1 aliphatic carbocycles. The van der Waals surface area contributed by atoms with Crippen molar-refractivity contribution in [2.75, 3.05) is 7.11 Å². The van der Waals surface area contributed by atoms with Crippen molar-refractivity contribution in [1.29, 1.82) is 0 Å². The predicted octanol–water partition coefficient (Wildman–Crippen LogP) is 3.72. The van der Waals surface area contributed by atoms with Crippen LogP contribution in [0.3, 0.4) is 0 Å². The summed E-state index contributed by atoms with van der Waals surface area (Å²) in [6.07, 6.45) is 4.54. The molecule has 0 aliphatic heterocycles. The molecule has 0 heterocycles. The van der Waals surface area contributed by atoms with Crippen LogP contribution in [0.2, 0.25) is 0 Å². The molecule has 1 aliphatic rings. The van der Waals surface area contributed by atoms with Crippen molar-refractivity contribution >= 4 is 5.97 Å². The van der Waals surface area contributed by atoms with Gasteiger partial charge in [-0.3, -0.25) is 0 Å². The fourth-order valence-electron chi connectivity index (χ4n) is 3.08. The van der Waals surface area contributed by atoms with Gasteiger partial charge in [0.2, 0.25) is 0 Å². The van der Waals surface area contributed by atoms with Crippen LogP contribution in [0.25, 0.3) is 0 Å². The summed E-state index contributed by atoms with van der Waals surface area (Å²) in [6.45, 7) is 0. The Bertz CT molecular complexity index is 604. The van der Waals surface area contributed by atoms with Crippen molar-refractivity contribution in [3.63, 3.8) is 0 Å². The number of benzene rings is 2. The van der Waals surface area contributed by atoms with E-state index in [1.807, 2.05) is 18.2 Å². The maximum atomic E-state index is 11.3. The van der Waals surface area contributed by atoms with E-state index in [1.54, 1.807) is 0 Å². The Kier molecular flexibility index (Phi) is 3.61. The van der Waals surface area contributed by atoms with Crippen molar-refractivity contribution in [3.05, 3.63) is 83.9 Å². The topological polar surface area (TPSA) is 26.3 Å². The zero-order chi connectivity index (χ0) is 14.7. The summed E-state index contributed by atoms with van der Waals surface area (Å²) in [5.41, 5.74) is 2.60. The van der Waals surface area contributed by atoms with Gasteiger partial charge in [-0.25, -0.2) is 4.79 Å². The van der Waals surface area contributed by atoms with E-state index in [4.69, 9.17) is 0 Å². The summed E-state index contributed by atoms with van der Waals surface area (Å²) in [4.78, 5) is 11.3. The van der Waals surface area contributed by atoms with E-state index in [9.17, 15) is 4.79 Å². The van der Waals surface area contributed by atoms with Crippen molar-refractivity contribution in [1.82, 2.24) is 0 Å². The number of hydrogen-bond donors (Lipinski definition) is 0. The largest absolute Gasteiger partial charge is 0.466 e. The second-order valence-electron chi connectivity index (χ2n) is 5.40. The molecular formula is C19H18O2. The number of allylic oxidation sites excluding steroid dienone is 1. The lowest BCUT2D eigenvalue weighted by Crippen LogP contribution is -2.11. The van der Waals surface area contributed by atoms with Gasteiger partial charge in [-0.15, -0.1) is 0 Å². The lowest BCUT2D eigenvalue weighted by atomic mass is 9.85. The molecule has 106 valence electrons. The van der Waals surface area contributed by atoms with Crippen molar-refractivity contribution in [2.45, 2.75) is 11.8 Å². The fourth-order valence-corrected chi connectivity index (χ4v) is 3.08. The molecule has 0 radical (unpaired) electrons. The van der Waals surface area contributed by atoms with Gasteiger partial charge in [0, 0.05) is 11.5 Å². The fraction of sp³-hybridized carbons (Fsp3) is 0.211. The van der Waals surface area contributed by atoms with E-state index in [-0.39, 0.29) is 11.4 Å². The maximum absolute atomic E-state index is 11.3. The molecule has 0 N–H and O–H groups in total. The van der Waals surface area contributed by atoms with Gasteiger partial charge in [0.1, 0.15) is 0 Å². The van der Waals surface area contributed by atoms with Crippen molar-refractivity contribution in [2.24, 2.45) is 5.92 Å². The molecule has 0 unspecified atom stereocenters. The van der Waals surface area contributed by atoms with Crippen molar-refractivity contribution in [3.8, 4) is 0 Å². The molecular weight excluding hydrogens is 260 g/mol. The SMILES string of the molecule is COC(=O)/C=C/[C@@H]1CC1(c1ccccc1)c1ccccc1. The highest BCUT2D eigenvalue weighted by Crippen LogP contribution is 2.59. The molecule has 21 heavy (non-hydrogen) atoms. The molecule has 1 fully saturated rings. The summed E-state index contributed by atoms with van der Waals surface area (Å²) in [5, 5.41) is 0. The molecule has 0 bridgehead atoms. The summed E-state index contributed by atoms with van der Waals surface area (Å²) in [7, 11) is 1.40. The van der Waals surface area contributed by atoms with Crippen LogP contribution in [0.15, 0.2) is 72.8 Å². The van der Waals surface area contributed by atoms with Crippen LogP contribution < -0.4 is 0 Å². The van der Waals surface area contributed by atoms with Gasteiger partial charge < -0.3 is 4.74 Å². The van der Waals surface area contributed by atoms with E-state index < -0.39 is 0 Å². The van der Waals surface area contributed by atoms with Crippen LogP contribution in [-0.2, 0) is 14.9 Å². The average molecular weight is 278 g/mol. The van der Waals surface area contributed by atoms with Crippen LogP contribution in [0.1, 0.15) is 17.5 Å². The van der Waals surface area contributed by atoms with Gasteiger partial charge in [-0.1, -0.05) is 66.7 Å². The summed E-state index contributed by atoms with van der Waals surface area (Å²) >= 11 is 0. The number of ether oxygens (including phenoxy) is 1. The lowest BCUT2D eigenvalue weighted by Gasteiger charge is -2.18. The zero-order valence-electron chi connectivity index (χ0n) is 12.0. The highest BCUT2D eigenvalue weighted by Gasteiger charge is 2.54. The maximum Gasteiger partial charge on any atom is 0.330 e. The van der Waals surface area contributed by atoms with E-state index in [1.165, 1.54) is 24.3 Å². The van der Waals surface area contributed by atoms with E-state index in [0.717, 1.165) is 6.42 Å². The van der Waals surface area contributed by atoms with Gasteiger partial charge in [-0.2, -0.15) is 0 Å². The van der Waals surface area contributed by atoms with Gasteiger partial charge in [-0.05, 0) is 23.5 Å². The van der Waals surface area contributed by atoms with Gasteiger partial charge in [0.15, 0.2) is 0 Å². The minimum absolute atomic E-state index is 0.00690. The molecule has 2 nitrogen and oxygen atoms in total. The van der Waals surface area contributed by atoms with Crippen LogP contribution >= 0.6 is 0 Å². The van der Waals surface area contributed by atoms with Crippen LogP contribution in [0.5, 0.6) is 0 Å². The van der Waals surface area contributed by atoms with E-state index in [2.05, 4.69) is 53.3 Å². The third-order valence-electron chi connectivity index (χ3n) is 4.26. The smallest absolute Gasteiger partial charge is 0.330 e. The molecule has 0 spiro atoms.